The zero-order valence-corrected chi connectivity index (χ0v) is 14.4. The Hall–Kier alpha value is -1.87. The number of hydrogen-bond acceptors (Lipinski definition) is 2. The summed E-state index contributed by atoms with van der Waals surface area (Å²) in [4.78, 5) is 13.3. The van der Waals surface area contributed by atoms with Gasteiger partial charge in [0.1, 0.15) is 0 Å². The molecule has 0 unspecified atom stereocenters. The van der Waals surface area contributed by atoms with Crippen LogP contribution in [0.1, 0.15) is 55.5 Å². The summed E-state index contributed by atoms with van der Waals surface area (Å²) in [5.41, 5.74) is 3.33. The fraction of sp³-hybridized carbons (Fsp3) is 0.316. The smallest absolute Gasteiger partial charge is 0.248 e. The van der Waals surface area contributed by atoms with E-state index < -0.39 is 0 Å². The molecular weight excluding hydrogens is 290 g/mol. The maximum atomic E-state index is 12.3. The first-order chi connectivity index (χ1) is 10.5. The van der Waals surface area contributed by atoms with Crippen LogP contribution in [0.2, 0.25) is 0 Å². The van der Waals surface area contributed by atoms with E-state index in [0.29, 0.717) is 11.8 Å². The Kier molecular flexibility index (Phi) is 5.56. The van der Waals surface area contributed by atoms with Crippen LogP contribution in [0.15, 0.2) is 41.8 Å². The molecule has 2 nitrogen and oxygen atoms in total. The molecular formula is C19H23NOS. The Labute approximate surface area is 136 Å². The third-order valence-electron chi connectivity index (χ3n) is 3.56. The van der Waals surface area contributed by atoms with Gasteiger partial charge in [0.2, 0.25) is 5.91 Å². The fourth-order valence-electron chi connectivity index (χ4n) is 2.40. The molecule has 1 aromatic carbocycles. The molecule has 1 amide bonds. The standard InChI is InChI=1S/C19H23NOS/c1-13(2)16-8-5-9-17(14(3)4)19(16)20-18(21)11-10-15-7-6-12-22-15/h5-14H,1-4H3,(H,20,21)/b11-10+. The molecule has 0 aliphatic rings. The van der Waals surface area contributed by atoms with Crippen LogP contribution < -0.4 is 5.32 Å². The van der Waals surface area contributed by atoms with Gasteiger partial charge in [-0.15, -0.1) is 11.3 Å². The fourth-order valence-corrected chi connectivity index (χ4v) is 3.02. The minimum absolute atomic E-state index is 0.0802. The van der Waals surface area contributed by atoms with E-state index in [1.807, 2.05) is 23.6 Å². The summed E-state index contributed by atoms with van der Waals surface area (Å²) in [6.45, 7) is 8.60. The largest absolute Gasteiger partial charge is 0.322 e. The van der Waals surface area contributed by atoms with Crippen LogP contribution in [-0.2, 0) is 4.79 Å². The summed E-state index contributed by atoms with van der Waals surface area (Å²) in [5, 5.41) is 5.09. The van der Waals surface area contributed by atoms with Crippen molar-refractivity contribution in [2.45, 2.75) is 39.5 Å². The number of rotatable bonds is 5. The average molecular weight is 313 g/mol. The summed E-state index contributed by atoms with van der Waals surface area (Å²) in [7, 11) is 0. The lowest BCUT2D eigenvalue weighted by Gasteiger charge is -2.19. The zero-order chi connectivity index (χ0) is 16.1. The highest BCUT2D eigenvalue weighted by molar-refractivity contribution is 7.10. The van der Waals surface area contributed by atoms with E-state index in [9.17, 15) is 4.79 Å². The lowest BCUT2D eigenvalue weighted by Crippen LogP contribution is -2.13. The van der Waals surface area contributed by atoms with Crippen LogP contribution in [0, 0.1) is 0 Å². The second-order valence-electron chi connectivity index (χ2n) is 5.96. The molecule has 0 atom stereocenters. The Balaban J connectivity index is 2.25. The Morgan fingerprint density at radius 1 is 1.05 bits per heavy atom. The Morgan fingerprint density at radius 3 is 2.18 bits per heavy atom. The number of carbonyl (C=O) groups excluding carboxylic acids is 1. The highest BCUT2D eigenvalue weighted by atomic mass is 32.1. The molecule has 0 bridgehead atoms. The van der Waals surface area contributed by atoms with E-state index in [1.54, 1.807) is 17.4 Å². The van der Waals surface area contributed by atoms with Crippen molar-refractivity contribution in [3.8, 4) is 0 Å². The highest BCUT2D eigenvalue weighted by Crippen LogP contribution is 2.32. The van der Waals surface area contributed by atoms with Crippen molar-refractivity contribution in [2.75, 3.05) is 5.32 Å². The van der Waals surface area contributed by atoms with Crippen LogP contribution in [0.5, 0.6) is 0 Å². The number of para-hydroxylation sites is 1. The first kappa shape index (κ1) is 16.5. The highest BCUT2D eigenvalue weighted by Gasteiger charge is 2.14. The molecule has 3 heteroatoms. The normalized spacial score (nSPS) is 11.5. The molecule has 0 aliphatic heterocycles. The number of carbonyl (C=O) groups is 1. The van der Waals surface area contributed by atoms with Crippen LogP contribution in [0.3, 0.4) is 0 Å². The minimum atomic E-state index is -0.0802. The monoisotopic (exact) mass is 313 g/mol. The van der Waals surface area contributed by atoms with Crippen molar-refractivity contribution in [1.29, 1.82) is 0 Å². The predicted molar refractivity (Wildman–Crippen MR) is 96.6 cm³/mol. The zero-order valence-electron chi connectivity index (χ0n) is 13.6. The van der Waals surface area contributed by atoms with Gasteiger partial charge in [0, 0.05) is 16.6 Å². The van der Waals surface area contributed by atoms with Crippen molar-refractivity contribution in [1.82, 2.24) is 0 Å². The molecule has 22 heavy (non-hydrogen) atoms. The van der Waals surface area contributed by atoms with E-state index in [2.05, 4.69) is 51.2 Å². The van der Waals surface area contributed by atoms with Crippen molar-refractivity contribution in [3.05, 3.63) is 57.8 Å². The van der Waals surface area contributed by atoms with Gasteiger partial charge in [0.15, 0.2) is 0 Å². The lowest BCUT2D eigenvalue weighted by atomic mass is 9.92. The van der Waals surface area contributed by atoms with E-state index in [-0.39, 0.29) is 5.91 Å². The topological polar surface area (TPSA) is 29.1 Å². The van der Waals surface area contributed by atoms with Gasteiger partial charge in [-0.3, -0.25) is 4.79 Å². The number of benzene rings is 1. The molecule has 1 heterocycles. The van der Waals surface area contributed by atoms with Gasteiger partial charge >= 0.3 is 0 Å². The van der Waals surface area contributed by atoms with Crippen LogP contribution in [0.4, 0.5) is 5.69 Å². The van der Waals surface area contributed by atoms with Gasteiger partial charge in [-0.25, -0.2) is 0 Å². The van der Waals surface area contributed by atoms with E-state index in [4.69, 9.17) is 0 Å². The van der Waals surface area contributed by atoms with Crippen molar-refractivity contribution >= 4 is 29.0 Å². The van der Waals surface area contributed by atoms with Gasteiger partial charge in [-0.1, -0.05) is 52.0 Å². The maximum Gasteiger partial charge on any atom is 0.248 e. The third kappa shape index (κ3) is 4.08. The molecule has 0 fully saturated rings. The number of amides is 1. The van der Waals surface area contributed by atoms with Crippen molar-refractivity contribution in [3.63, 3.8) is 0 Å². The van der Waals surface area contributed by atoms with E-state index in [1.165, 1.54) is 11.1 Å². The molecule has 0 radical (unpaired) electrons. The summed E-state index contributed by atoms with van der Waals surface area (Å²) in [6.07, 6.45) is 3.46. The lowest BCUT2D eigenvalue weighted by molar-refractivity contribution is -0.111. The first-order valence-electron chi connectivity index (χ1n) is 7.64. The van der Waals surface area contributed by atoms with Crippen molar-refractivity contribution in [2.24, 2.45) is 0 Å². The average Bonchev–Trinajstić information content (AvgIpc) is 2.98. The second kappa shape index (κ2) is 7.41. The van der Waals surface area contributed by atoms with Gasteiger partial charge in [0.25, 0.3) is 0 Å². The second-order valence-corrected chi connectivity index (χ2v) is 6.94. The summed E-state index contributed by atoms with van der Waals surface area (Å²) in [6, 6.07) is 10.2. The molecule has 2 rings (SSSR count). The van der Waals surface area contributed by atoms with Gasteiger partial charge in [-0.2, -0.15) is 0 Å². The third-order valence-corrected chi connectivity index (χ3v) is 4.40. The number of anilines is 1. The molecule has 1 N–H and O–H groups in total. The SMILES string of the molecule is CC(C)c1cccc(C(C)C)c1NC(=O)/C=C/c1cccs1. The summed E-state index contributed by atoms with van der Waals surface area (Å²) in [5.74, 6) is 0.661. The Bertz CT molecular complexity index is 628. The summed E-state index contributed by atoms with van der Waals surface area (Å²) < 4.78 is 0. The molecule has 2 aromatic rings. The van der Waals surface area contributed by atoms with E-state index >= 15 is 0 Å². The minimum Gasteiger partial charge on any atom is -0.322 e. The quantitative estimate of drug-likeness (QED) is 0.710. The number of thiophene rings is 1. The maximum absolute atomic E-state index is 12.3. The molecule has 0 saturated carbocycles. The van der Waals surface area contributed by atoms with Crippen LogP contribution in [0.25, 0.3) is 6.08 Å². The Morgan fingerprint density at radius 2 is 1.68 bits per heavy atom. The van der Waals surface area contributed by atoms with Gasteiger partial charge in [-0.05, 0) is 40.5 Å². The van der Waals surface area contributed by atoms with E-state index in [0.717, 1.165) is 10.6 Å². The molecule has 0 spiro atoms. The molecule has 116 valence electrons. The summed E-state index contributed by atoms with van der Waals surface area (Å²) >= 11 is 1.62. The van der Waals surface area contributed by atoms with Crippen LogP contribution in [-0.4, -0.2) is 5.91 Å². The first-order valence-corrected chi connectivity index (χ1v) is 8.52. The van der Waals surface area contributed by atoms with Crippen LogP contribution >= 0.6 is 11.3 Å². The predicted octanol–water partition coefficient (Wildman–Crippen LogP) is 5.65. The number of hydrogen-bond donors (Lipinski definition) is 1. The van der Waals surface area contributed by atoms with Gasteiger partial charge < -0.3 is 5.32 Å². The number of nitrogens with one attached hydrogen (secondary N) is 1. The molecule has 1 aromatic heterocycles. The molecule has 0 aliphatic carbocycles. The van der Waals surface area contributed by atoms with Gasteiger partial charge in [0.05, 0.1) is 0 Å². The van der Waals surface area contributed by atoms with Crippen molar-refractivity contribution < 1.29 is 4.79 Å². The molecule has 0 saturated heterocycles.